The van der Waals surface area contributed by atoms with Gasteiger partial charge in [-0.3, -0.25) is 4.99 Å². The number of aliphatic imine (C=N–C) groups is 1. The lowest BCUT2D eigenvalue weighted by molar-refractivity contribution is 0.619. The Morgan fingerprint density at radius 2 is 2.04 bits per heavy atom. The summed E-state index contributed by atoms with van der Waals surface area (Å²) in [6, 6.07) is 8.93. The van der Waals surface area contributed by atoms with Crippen molar-refractivity contribution >= 4 is 47.0 Å². The highest BCUT2D eigenvalue weighted by Crippen LogP contribution is 2.16. The molecule has 0 saturated carbocycles. The van der Waals surface area contributed by atoms with Crippen LogP contribution in [0, 0.1) is 5.82 Å². The molecule has 0 radical (unpaired) electrons. The van der Waals surface area contributed by atoms with Gasteiger partial charge in [0.15, 0.2) is 5.96 Å². The van der Waals surface area contributed by atoms with E-state index in [2.05, 4.69) is 32.5 Å². The molecule has 0 unspecified atom stereocenters. The van der Waals surface area contributed by atoms with Crippen LogP contribution in [0.5, 0.6) is 0 Å². The largest absolute Gasteiger partial charge is 0.372 e. The second-order valence-corrected chi connectivity index (χ2v) is 5.99. The Hall–Kier alpha value is -1.35. The second kappa shape index (κ2) is 11.2. The zero-order valence-corrected chi connectivity index (χ0v) is 17.1. The highest BCUT2D eigenvalue weighted by atomic mass is 127. The third-order valence-corrected chi connectivity index (χ3v) is 4.22. The number of benzene rings is 1. The Bertz CT molecular complexity index is 619. The summed E-state index contributed by atoms with van der Waals surface area (Å²) < 4.78 is 13.7. The molecule has 2 rings (SSSR count). The van der Waals surface area contributed by atoms with E-state index in [4.69, 9.17) is 0 Å². The Balaban J connectivity index is 0.00000288. The van der Waals surface area contributed by atoms with Crippen molar-refractivity contribution in [2.75, 3.05) is 32.1 Å². The number of anilines is 1. The van der Waals surface area contributed by atoms with Crippen molar-refractivity contribution in [2.45, 2.75) is 13.0 Å². The third kappa shape index (κ3) is 6.64. The molecule has 0 spiro atoms. The molecule has 0 fully saturated rings. The molecule has 0 aliphatic rings. The van der Waals surface area contributed by atoms with Crippen LogP contribution in [0.15, 0.2) is 46.1 Å². The van der Waals surface area contributed by atoms with Gasteiger partial charge in [-0.05, 0) is 40.9 Å². The van der Waals surface area contributed by atoms with Gasteiger partial charge in [-0.25, -0.2) is 4.39 Å². The number of guanidine groups is 1. The van der Waals surface area contributed by atoms with Crippen molar-refractivity contribution in [3.63, 3.8) is 0 Å². The highest BCUT2D eigenvalue weighted by molar-refractivity contribution is 14.0. The maximum Gasteiger partial charge on any atom is 0.191 e. The van der Waals surface area contributed by atoms with Gasteiger partial charge in [-0.1, -0.05) is 12.1 Å². The molecule has 0 aliphatic heterocycles. The molecule has 0 saturated heterocycles. The van der Waals surface area contributed by atoms with Gasteiger partial charge in [-0.15, -0.1) is 24.0 Å². The fraction of sp³-hybridized carbons (Fsp3) is 0.353. The van der Waals surface area contributed by atoms with Crippen LogP contribution in [0.4, 0.5) is 10.1 Å². The first-order valence-corrected chi connectivity index (χ1v) is 8.56. The lowest BCUT2D eigenvalue weighted by Crippen LogP contribution is -2.38. The molecule has 4 nitrogen and oxygen atoms in total. The molecule has 1 aromatic heterocycles. The predicted octanol–water partition coefficient (Wildman–Crippen LogP) is 3.70. The number of halogens is 2. The number of rotatable bonds is 7. The summed E-state index contributed by atoms with van der Waals surface area (Å²) in [6.07, 6.45) is 0.893. The zero-order chi connectivity index (χ0) is 16.5. The van der Waals surface area contributed by atoms with Crippen molar-refractivity contribution in [2.24, 2.45) is 4.99 Å². The van der Waals surface area contributed by atoms with E-state index >= 15 is 0 Å². The molecular weight excluding hydrogens is 438 g/mol. The van der Waals surface area contributed by atoms with E-state index in [1.807, 2.05) is 18.0 Å². The van der Waals surface area contributed by atoms with Gasteiger partial charge in [0.1, 0.15) is 5.82 Å². The van der Waals surface area contributed by atoms with Crippen LogP contribution < -0.4 is 15.5 Å². The molecule has 0 amide bonds. The Kier molecular flexibility index (Phi) is 9.70. The van der Waals surface area contributed by atoms with Crippen molar-refractivity contribution < 1.29 is 4.39 Å². The van der Waals surface area contributed by atoms with Crippen molar-refractivity contribution in [3.05, 3.63) is 52.5 Å². The Morgan fingerprint density at radius 3 is 2.71 bits per heavy atom. The number of para-hydroxylation sites is 1. The van der Waals surface area contributed by atoms with Crippen LogP contribution in [-0.4, -0.2) is 33.1 Å². The Labute approximate surface area is 164 Å². The number of hydrogen-bond acceptors (Lipinski definition) is 3. The first kappa shape index (κ1) is 20.7. The molecule has 24 heavy (non-hydrogen) atoms. The molecule has 0 aliphatic carbocycles. The third-order valence-electron chi connectivity index (χ3n) is 3.49. The smallest absolute Gasteiger partial charge is 0.191 e. The van der Waals surface area contributed by atoms with Gasteiger partial charge in [-0.2, -0.15) is 11.3 Å². The van der Waals surface area contributed by atoms with Gasteiger partial charge in [0.25, 0.3) is 0 Å². The molecule has 0 atom stereocenters. The van der Waals surface area contributed by atoms with Crippen LogP contribution in [0.1, 0.15) is 12.0 Å². The summed E-state index contributed by atoms with van der Waals surface area (Å²) in [5.41, 5.74) is 1.88. The van der Waals surface area contributed by atoms with Gasteiger partial charge in [0.2, 0.25) is 0 Å². The quantitative estimate of drug-likeness (QED) is 0.285. The van der Waals surface area contributed by atoms with E-state index in [-0.39, 0.29) is 29.8 Å². The maximum atomic E-state index is 13.7. The monoisotopic (exact) mass is 462 g/mol. The van der Waals surface area contributed by atoms with Crippen molar-refractivity contribution in [1.29, 1.82) is 0 Å². The summed E-state index contributed by atoms with van der Waals surface area (Å²) in [5, 5.41) is 10.7. The number of hydrogen-bond donors (Lipinski definition) is 2. The lowest BCUT2D eigenvalue weighted by Gasteiger charge is -2.20. The predicted molar refractivity (Wildman–Crippen MR) is 112 cm³/mol. The van der Waals surface area contributed by atoms with E-state index in [0.717, 1.165) is 32.0 Å². The summed E-state index contributed by atoms with van der Waals surface area (Å²) in [6.45, 7) is 2.32. The van der Waals surface area contributed by atoms with Crippen LogP contribution in [0.3, 0.4) is 0 Å². The average Bonchev–Trinajstić information content (AvgIpc) is 3.08. The molecule has 1 aromatic carbocycles. The van der Waals surface area contributed by atoms with Crippen LogP contribution in [0.2, 0.25) is 0 Å². The highest BCUT2D eigenvalue weighted by Gasteiger charge is 2.06. The zero-order valence-electron chi connectivity index (χ0n) is 14.0. The average molecular weight is 462 g/mol. The SMILES string of the molecule is CN=C(NCCCN(C)c1ccccc1F)NCc1ccsc1.I. The minimum absolute atomic E-state index is 0. The van der Waals surface area contributed by atoms with Gasteiger partial charge in [0.05, 0.1) is 5.69 Å². The Morgan fingerprint density at radius 1 is 1.25 bits per heavy atom. The summed E-state index contributed by atoms with van der Waals surface area (Å²) >= 11 is 1.69. The summed E-state index contributed by atoms with van der Waals surface area (Å²) in [5.74, 6) is 0.598. The topological polar surface area (TPSA) is 39.7 Å². The molecular formula is C17H24FIN4S. The normalized spacial score (nSPS) is 10.9. The standard InChI is InChI=1S/C17H23FN4S.HI/c1-19-17(21-12-14-8-11-23-13-14)20-9-5-10-22(2)16-7-4-3-6-15(16)18;/h3-4,6-8,11,13H,5,9-10,12H2,1-2H3,(H2,19,20,21);1H. The molecule has 1 heterocycles. The number of nitrogens with one attached hydrogen (secondary N) is 2. The first-order valence-electron chi connectivity index (χ1n) is 7.62. The van der Waals surface area contributed by atoms with Crippen LogP contribution >= 0.6 is 35.3 Å². The minimum Gasteiger partial charge on any atom is -0.372 e. The molecule has 0 bridgehead atoms. The van der Waals surface area contributed by atoms with E-state index in [1.165, 1.54) is 11.6 Å². The molecule has 2 aromatic rings. The fourth-order valence-corrected chi connectivity index (χ4v) is 2.87. The van der Waals surface area contributed by atoms with E-state index in [9.17, 15) is 4.39 Å². The maximum absolute atomic E-state index is 13.7. The molecule has 132 valence electrons. The second-order valence-electron chi connectivity index (χ2n) is 5.21. The number of thiophene rings is 1. The van der Waals surface area contributed by atoms with E-state index in [1.54, 1.807) is 30.5 Å². The van der Waals surface area contributed by atoms with E-state index < -0.39 is 0 Å². The van der Waals surface area contributed by atoms with Crippen LogP contribution in [-0.2, 0) is 6.54 Å². The molecule has 7 heteroatoms. The van der Waals surface area contributed by atoms with Gasteiger partial charge >= 0.3 is 0 Å². The van der Waals surface area contributed by atoms with Crippen molar-refractivity contribution in [3.8, 4) is 0 Å². The van der Waals surface area contributed by atoms with Gasteiger partial charge < -0.3 is 15.5 Å². The minimum atomic E-state index is -0.184. The van der Waals surface area contributed by atoms with Crippen molar-refractivity contribution in [1.82, 2.24) is 10.6 Å². The van der Waals surface area contributed by atoms with E-state index in [0.29, 0.717) is 5.69 Å². The fourth-order valence-electron chi connectivity index (χ4n) is 2.20. The summed E-state index contributed by atoms with van der Waals surface area (Å²) in [7, 11) is 3.66. The van der Waals surface area contributed by atoms with Gasteiger partial charge in [0, 0.05) is 33.7 Å². The first-order chi connectivity index (χ1) is 11.2. The van der Waals surface area contributed by atoms with Crippen LogP contribution in [0.25, 0.3) is 0 Å². The summed E-state index contributed by atoms with van der Waals surface area (Å²) in [4.78, 5) is 6.13. The number of nitrogens with zero attached hydrogens (tertiary/aromatic N) is 2. The lowest BCUT2D eigenvalue weighted by atomic mass is 10.2. The molecule has 2 N–H and O–H groups in total.